The molecule has 33 heavy (non-hydrogen) atoms. The van der Waals surface area contributed by atoms with E-state index in [-0.39, 0.29) is 22.8 Å². The molecule has 0 aliphatic heterocycles. The second-order valence-corrected chi connectivity index (χ2v) is 13.0. The molecule has 0 heterocycles. The van der Waals surface area contributed by atoms with Crippen LogP contribution in [0.15, 0.2) is 99.6 Å². The highest BCUT2D eigenvalue weighted by Gasteiger charge is 2.54. The van der Waals surface area contributed by atoms with Crippen LogP contribution in [-0.4, -0.2) is 24.8 Å². The fraction of sp³-hybridized carbons (Fsp3) is 0.333. The van der Waals surface area contributed by atoms with Gasteiger partial charge in [-0.3, -0.25) is 4.55 Å². The Bertz CT molecular complexity index is 1150. The number of para-hydroxylation sites is 1. The molecule has 2 atom stereocenters. The topological polar surface area (TPSA) is 63.6 Å². The van der Waals surface area contributed by atoms with Crippen LogP contribution in [0, 0.1) is 10.8 Å². The highest BCUT2D eigenvalue weighted by atomic mass is 32.2. The van der Waals surface area contributed by atoms with Gasteiger partial charge in [-0.05, 0) is 54.7 Å². The van der Waals surface area contributed by atoms with E-state index < -0.39 is 20.9 Å². The lowest BCUT2D eigenvalue weighted by atomic mass is 9.69. The molecular formula is C27H31O4S2+. The van der Waals surface area contributed by atoms with E-state index in [1.54, 1.807) is 0 Å². The van der Waals surface area contributed by atoms with Crippen molar-refractivity contribution in [1.29, 1.82) is 0 Å². The van der Waals surface area contributed by atoms with Gasteiger partial charge in [0.2, 0.25) is 4.90 Å². The fourth-order valence-corrected chi connectivity index (χ4v) is 8.25. The first-order valence-electron chi connectivity index (χ1n) is 11.2. The lowest BCUT2D eigenvalue weighted by Crippen LogP contribution is -2.43. The highest BCUT2D eigenvalue weighted by molar-refractivity contribution is 7.97. The Labute approximate surface area is 200 Å². The van der Waals surface area contributed by atoms with Gasteiger partial charge in [0.05, 0.1) is 5.75 Å². The van der Waals surface area contributed by atoms with E-state index in [0.29, 0.717) is 6.42 Å². The molecule has 1 aliphatic rings. The van der Waals surface area contributed by atoms with Gasteiger partial charge in [0.15, 0.2) is 15.5 Å². The van der Waals surface area contributed by atoms with Crippen LogP contribution in [0.3, 0.4) is 0 Å². The van der Waals surface area contributed by atoms with Crippen LogP contribution in [0.2, 0.25) is 0 Å². The minimum Gasteiger partial charge on any atom is -0.485 e. The van der Waals surface area contributed by atoms with Crippen LogP contribution in [-0.2, 0) is 21.0 Å². The molecule has 0 amide bonds. The molecule has 2 unspecified atom stereocenters. The molecule has 6 heteroatoms. The maximum Gasteiger partial charge on any atom is 0.265 e. The molecule has 3 aromatic carbocycles. The summed E-state index contributed by atoms with van der Waals surface area (Å²) in [4.78, 5) is 3.53. The summed E-state index contributed by atoms with van der Waals surface area (Å²) in [5.74, 6) is 0.565. The zero-order valence-corrected chi connectivity index (χ0v) is 20.9. The molecule has 1 fully saturated rings. The summed E-state index contributed by atoms with van der Waals surface area (Å²) in [5, 5.41) is 0. The van der Waals surface area contributed by atoms with Crippen molar-refractivity contribution in [2.75, 3.05) is 5.75 Å². The average Bonchev–Trinajstić information content (AvgIpc) is 2.98. The summed E-state index contributed by atoms with van der Waals surface area (Å²) in [5.41, 5.74) is -1.01. The molecule has 0 bridgehead atoms. The smallest absolute Gasteiger partial charge is 0.265 e. The number of hydrogen-bond acceptors (Lipinski definition) is 3. The van der Waals surface area contributed by atoms with Gasteiger partial charge in [-0.25, -0.2) is 0 Å². The summed E-state index contributed by atoms with van der Waals surface area (Å²) >= 11 is 0. The first-order chi connectivity index (χ1) is 15.6. The van der Waals surface area contributed by atoms with Crippen molar-refractivity contribution in [3.05, 3.63) is 84.9 Å². The zero-order chi connectivity index (χ0) is 23.7. The largest absolute Gasteiger partial charge is 0.485 e. The second kappa shape index (κ2) is 9.16. The van der Waals surface area contributed by atoms with E-state index in [0.717, 1.165) is 17.1 Å². The van der Waals surface area contributed by atoms with Gasteiger partial charge < -0.3 is 4.74 Å². The summed E-state index contributed by atoms with van der Waals surface area (Å²) in [6.45, 7) is 6.04. The Hall–Kier alpha value is -2.28. The van der Waals surface area contributed by atoms with Gasteiger partial charge in [0.25, 0.3) is 10.1 Å². The number of ether oxygens (including phenoxy) is 1. The molecular weight excluding hydrogens is 452 g/mol. The van der Waals surface area contributed by atoms with E-state index in [1.165, 1.54) is 9.79 Å². The molecule has 3 aromatic rings. The van der Waals surface area contributed by atoms with Crippen molar-refractivity contribution < 1.29 is 17.7 Å². The Kier molecular flexibility index (Phi) is 6.63. The average molecular weight is 484 g/mol. The normalized spacial score (nSPS) is 22.4. The third-order valence-electron chi connectivity index (χ3n) is 7.12. The van der Waals surface area contributed by atoms with Crippen LogP contribution in [0.4, 0.5) is 0 Å². The lowest BCUT2D eigenvalue weighted by Gasteiger charge is -2.40. The summed E-state index contributed by atoms with van der Waals surface area (Å²) in [6.07, 6.45) is 1.25. The number of hydrogen-bond donors (Lipinski definition) is 1. The first-order valence-corrected chi connectivity index (χ1v) is 14.0. The van der Waals surface area contributed by atoms with Crippen LogP contribution < -0.4 is 4.74 Å². The third-order valence-corrected chi connectivity index (χ3v) is 10.4. The first kappa shape index (κ1) is 23.9. The van der Waals surface area contributed by atoms with Crippen molar-refractivity contribution in [2.24, 2.45) is 10.8 Å². The van der Waals surface area contributed by atoms with Crippen molar-refractivity contribution in [2.45, 2.75) is 54.4 Å². The standard InChI is InChI=1S/C27H30O4S2/c1-26(2)25(18-19-27(26,3)20-33(28,29)30)31-23-16-10-11-17-24(23)32(21-12-6-4-7-13-21)22-14-8-5-9-15-22/h4-17,25H,18-20H2,1-3H3/p+1. The quantitative estimate of drug-likeness (QED) is 0.319. The Morgan fingerprint density at radius 2 is 1.39 bits per heavy atom. The van der Waals surface area contributed by atoms with Gasteiger partial charge >= 0.3 is 0 Å². The van der Waals surface area contributed by atoms with Gasteiger partial charge in [-0.15, -0.1) is 0 Å². The highest BCUT2D eigenvalue weighted by Crippen LogP contribution is 2.54. The molecule has 174 valence electrons. The summed E-state index contributed by atoms with van der Waals surface area (Å²) in [6, 6.07) is 29.0. The van der Waals surface area contributed by atoms with Crippen molar-refractivity contribution in [1.82, 2.24) is 0 Å². The van der Waals surface area contributed by atoms with Gasteiger partial charge in [-0.2, -0.15) is 8.42 Å². The maximum absolute atomic E-state index is 11.7. The van der Waals surface area contributed by atoms with Crippen LogP contribution in [0.5, 0.6) is 5.75 Å². The van der Waals surface area contributed by atoms with Crippen molar-refractivity contribution in [3.63, 3.8) is 0 Å². The fourth-order valence-electron chi connectivity index (χ4n) is 4.76. The Morgan fingerprint density at radius 1 is 0.879 bits per heavy atom. The van der Waals surface area contributed by atoms with Crippen molar-refractivity contribution in [3.8, 4) is 5.75 Å². The lowest BCUT2D eigenvalue weighted by molar-refractivity contribution is 0.0372. The minimum atomic E-state index is -4.08. The van der Waals surface area contributed by atoms with Gasteiger partial charge in [0, 0.05) is 5.41 Å². The number of benzene rings is 3. The van der Waals surface area contributed by atoms with Crippen LogP contribution >= 0.6 is 0 Å². The van der Waals surface area contributed by atoms with Crippen molar-refractivity contribution >= 4 is 21.0 Å². The molecule has 0 aromatic heterocycles. The van der Waals surface area contributed by atoms with E-state index in [9.17, 15) is 13.0 Å². The monoisotopic (exact) mass is 483 g/mol. The molecule has 0 saturated heterocycles. The molecule has 0 radical (unpaired) electrons. The van der Waals surface area contributed by atoms with E-state index in [4.69, 9.17) is 4.74 Å². The molecule has 1 N–H and O–H groups in total. The minimum absolute atomic E-state index is 0.164. The van der Waals surface area contributed by atoms with Gasteiger partial charge in [-0.1, -0.05) is 69.3 Å². The molecule has 1 aliphatic carbocycles. The predicted molar refractivity (Wildman–Crippen MR) is 133 cm³/mol. The van der Waals surface area contributed by atoms with E-state index >= 15 is 0 Å². The third kappa shape index (κ3) is 4.98. The summed E-state index contributed by atoms with van der Waals surface area (Å²) < 4.78 is 39.7. The summed E-state index contributed by atoms with van der Waals surface area (Å²) in [7, 11) is -4.43. The van der Waals surface area contributed by atoms with E-state index in [2.05, 4.69) is 54.6 Å². The van der Waals surface area contributed by atoms with Gasteiger partial charge in [0.1, 0.15) is 17.0 Å². The Balaban J connectivity index is 1.72. The Morgan fingerprint density at radius 3 is 1.94 bits per heavy atom. The van der Waals surface area contributed by atoms with E-state index in [1.807, 2.05) is 51.1 Å². The molecule has 4 nitrogen and oxygen atoms in total. The molecule has 1 saturated carbocycles. The SMILES string of the molecule is CC1(CS(=O)(=O)O)CCC(Oc2ccccc2[S+](c2ccccc2)c2ccccc2)C1(C)C. The number of rotatable bonds is 7. The maximum atomic E-state index is 11.7. The van der Waals surface area contributed by atoms with Crippen LogP contribution in [0.25, 0.3) is 0 Å². The zero-order valence-electron chi connectivity index (χ0n) is 19.3. The molecule has 0 spiro atoms. The predicted octanol–water partition coefficient (Wildman–Crippen LogP) is 6.24. The molecule has 4 rings (SSSR count). The van der Waals surface area contributed by atoms with Crippen LogP contribution in [0.1, 0.15) is 33.6 Å². The second-order valence-electron chi connectivity index (χ2n) is 9.53.